The first-order valence-electron chi connectivity index (χ1n) is 12.5. The van der Waals surface area contributed by atoms with Crippen molar-refractivity contribution in [3.05, 3.63) is 107 Å². The molecule has 0 unspecified atom stereocenters. The van der Waals surface area contributed by atoms with E-state index >= 15 is 0 Å². The Morgan fingerprint density at radius 2 is 0.816 bits per heavy atom. The summed E-state index contributed by atoms with van der Waals surface area (Å²) in [4.78, 5) is 27.1. The molecule has 0 spiro atoms. The van der Waals surface area contributed by atoms with E-state index in [1.165, 1.54) is 0 Å². The van der Waals surface area contributed by atoms with Crippen LogP contribution in [0.1, 0.15) is 31.8 Å². The third-order valence-corrected chi connectivity index (χ3v) is 8.48. The van der Waals surface area contributed by atoms with Crippen LogP contribution >= 0.6 is 0 Å². The standard InChI is InChI=1S/C34H16O4/c35-25-13-23-16-6-2-4-8-19(16)33(37)22-12-11-21-30-26(36)14-24-27-17(15-5-1-3-7-18(15)34(24)38)9-10-20(31(27)30)29(25)32(21)28(22)23/h1-14,35-36H. The molecule has 7 aromatic rings. The lowest BCUT2D eigenvalue weighted by Crippen LogP contribution is -2.11. The van der Waals surface area contributed by atoms with Gasteiger partial charge in [0.2, 0.25) is 0 Å². The number of aromatic hydroxyl groups is 2. The molecule has 0 saturated heterocycles. The van der Waals surface area contributed by atoms with E-state index in [1.807, 2.05) is 72.8 Å². The molecule has 0 radical (unpaired) electrons. The summed E-state index contributed by atoms with van der Waals surface area (Å²) in [6, 6.07) is 25.9. The molecule has 2 aliphatic carbocycles. The number of ketones is 2. The summed E-state index contributed by atoms with van der Waals surface area (Å²) in [7, 11) is 0. The molecule has 0 saturated carbocycles. The highest BCUT2D eigenvalue weighted by Gasteiger charge is 2.32. The Morgan fingerprint density at radius 1 is 0.368 bits per heavy atom. The summed E-state index contributed by atoms with van der Waals surface area (Å²) < 4.78 is 0. The Hall–Kier alpha value is -5.22. The molecule has 4 nitrogen and oxygen atoms in total. The van der Waals surface area contributed by atoms with E-state index in [0.717, 1.165) is 54.6 Å². The zero-order valence-corrected chi connectivity index (χ0v) is 19.8. The third kappa shape index (κ3) is 2.07. The minimum Gasteiger partial charge on any atom is -0.507 e. The molecule has 0 aromatic heterocycles. The predicted octanol–water partition coefficient (Wildman–Crippen LogP) is 7.57. The molecule has 176 valence electrons. The molecule has 4 heteroatoms. The maximum absolute atomic E-state index is 13.6. The lowest BCUT2D eigenvalue weighted by molar-refractivity contribution is 0.103. The van der Waals surface area contributed by atoms with E-state index in [-0.39, 0.29) is 23.1 Å². The zero-order chi connectivity index (χ0) is 25.4. The fourth-order valence-electron chi connectivity index (χ4n) is 6.99. The van der Waals surface area contributed by atoms with Gasteiger partial charge in [0.25, 0.3) is 0 Å². The van der Waals surface area contributed by atoms with Crippen molar-refractivity contribution in [1.82, 2.24) is 0 Å². The van der Waals surface area contributed by atoms with Crippen molar-refractivity contribution in [3.8, 4) is 33.8 Å². The smallest absolute Gasteiger partial charge is 0.194 e. The van der Waals surface area contributed by atoms with Gasteiger partial charge in [0.1, 0.15) is 11.5 Å². The summed E-state index contributed by atoms with van der Waals surface area (Å²) >= 11 is 0. The van der Waals surface area contributed by atoms with Crippen LogP contribution in [0.4, 0.5) is 0 Å². The van der Waals surface area contributed by atoms with E-state index in [0.29, 0.717) is 33.0 Å². The topological polar surface area (TPSA) is 74.6 Å². The first-order valence-corrected chi connectivity index (χ1v) is 12.5. The quantitative estimate of drug-likeness (QED) is 0.171. The first-order chi connectivity index (χ1) is 18.5. The van der Waals surface area contributed by atoms with Crippen molar-refractivity contribution in [2.45, 2.75) is 0 Å². The van der Waals surface area contributed by atoms with Gasteiger partial charge < -0.3 is 10.2 Å². The van der Waals surface area contributed by atoms with Crippen LogP contribution in [0.5, 0.6) is 11.5 Å². The summed E-state index contributed by atoms with van der Waals surface area (Å²) in [5.74, 6) is -0.0798. The van der Waals surface area contributed by atoms with Gasteiger partial charge in [-0.3, -0.25) is 9.59 Å². The van der Waals surface area contributed by atoms with Gasteiger partial charge in [-0.2, -0.15) is 0 Å². The highest BCUT2D eigenvalue weighted by atomic mass is 16.3. The van der Waals surface area contributed by atoms with Crippen molar-refractivity contribution >= 4 is 54.7 Å². The van der Waals surface area contributed by atoms with Gasteiger partial charge in [-0.1, -0.05) is 66.7 Å². The van der Waals surface area contributed by atoms with Crippen molar-refractivity contribution in [3.63, 3.8) is 0 Å². The molecule has 0 atom stereocenters. The van der Waals surface area contributed by atoms with Crippen LogP contribution in [0.2, 0.25) is 0 Å². The van der Waals surface area contributed by atoms with Crippen LogP contribution in [0.3, 0.4) is 0 Å². The van der Waals surface area contributed by atoms with Crippen LogP contribution in [0, 0.1) is 0 Å². The van der Waals surface area contributed by atoms with E-state index in [9.17, 15) is 19.8 Å². The fourth-order valence-corrected chi connectivity index (χ4v) is 6.99. The Kier molecular flexibility index (Phi) is 3.33. The Bertz CT molecular complexity index is 2260. The molecule has 0 aliphatic heterocycles. The number of hydrogen-bond donors (Lipinski definition) is 2. The van der Waals surface area contributed by atoms with E-state index in [1.54, 1.807) is 12.1 Å². The number of benzene rings is 7. The third-order valence-electron chi connectivity index (χ3n) is 8.48. The zero-order valence-electron chi connectivity index (χ0n) is 19.8. The maximum atomic E-state index is 13.6. The van der Waals surface area contributed by atoms with Gasteiger partial charge in [0, 0.05) is 54.6 Å². The van der Waals surface area contributed by atoms with Crippen LogP contribution in [0.15, 0.2) is 84.9 Å². The van der Waals surface area contributed by atoms with E-state index < -0.39 is 0 Å². The molecule has 9 rings (SSSR count). The summed E-state index contributed by atoms with van der Waals surface area (Å²) in [5.41, 5.74) is 5.61. The van der Waals surface area contributed by atoms with Crippen molar-refractivity contribution in [1.29, 1.82) is 0 Å². The number of rotatable bonds is 0. The molecular weight excluding hydrogens is 472 g/mol. The molecule has 0 bridgehead atoms. The number of hydrogen-bond acceptors (Lipinski definition) is 4. The second-order valence-corrected chi connectivity index (χ2v) is 10.2. The van der Waals surface area contributed by atoms with Crippen molar-refractivity contribution in [2.24, 2.45) is 0 Å². The summed E-state index contributed by atoms with van der Waals surface area (Å²) in [5, 5.41) is 28.7. The lowest BCUT2D eigenvalue weighted by Gasteiger charge is -2.26. The number of phenols is 2. The number of phenolic OH excluding ortho intramolecular Hbond substituents is 2. The molecule has 2 aliphatic rings. The second kappa shape index (κ2) is 6.36. The van der Waals surface area contributed by atoms with Crippen LogP contribution < -0.4 is 0 Å². The summed E-state index contributed by atoms with van der Waals surface area (Å²) in [6.07, 6.45) is 0. The molecule has 0 heterocycles. The predicted molar refractivity (Wildman–Crippen MR) is 149 cm³/mol. The molecule has 2 N–H and O–H groups in total. The average Bonchev–Trinajstić information content (AvgIpc) is 2.94. The molecule has 38 heavy (non-hydrogen) atoms. The first kappa shape index (κ1) is 19.9. The second-order valence-electron chi connectivity index (χ2n) is 10.2. The van der Waals surface area contributed by atoms with E-state index in [4.69, 9.17) is 0 Å². The molecule has 7 aromatic carbocycles. The molecular formula is C34H16O4. The number of fused-ring (bicyclic) bond motifs is 6. The van der Waals surface area contributed by atoms with Gasteiger partial charge in [-0.05, 0) is 51.2 Å². The number of carbonyl (C=O) groups excluding carboxylic acids is 2. The van der Waals surface area contributed by atoms with Gasteiger partial charge in [-0.15, -0.1) is 0 Å². The Balaban J connectivity index is 1.58. The van der Waals surface area contributed by atoms with Crippen LogP contribution in [-0.2, 0) is 0 Å². The van der Waals surface area contributed by atoms with E-state index in [2.05, 4.69) is 0 Å². The highest BCUT2D eigenvalue weighted by molar-refractivity contribution is 6.43. The van der Waals surface area contributed by atoms with Gasteiger partial charge in [0.15, 0.2) is 11.6 Å². The monoisotopic (exact) mass is 488 g/mol. The van der Waals surface area contributed by atoms with Crippen molar-refractivity contribution in [2.75, 3.05) is 0 Å². The minimum absolute atomic E-state index is 0.00649. The SMILES string of the molecule is O=C1c2ccccc2-c2ccc3c4c(O)cc5c6c(ccc(c7c(O)cc1c2c37)c64)C(=O)c1ccccc1-5. The normalized spacial score (nSPS) is 13.6. The van der Waals surface area contributed by atoms with Crippen LogP contribution in [-0.4, -0.2) is 21.8 Å². The fraction of sp³-hybridized carbons (Fsp3) is 0. The molecule has 0 fully saturated rings. The number of carbonyl (C=O) groups is 2. The van der Waals surface area contributed by atoms with Gasteiger partial charge >= 0.3 is 0 Å². The van der Waals surface area contributed by atoms with Gasteiger partial charge in [-0.25, -0.2) is 0 Å². The largest absolute Gasteiger partial charge is 0.507 e. The van der Waals surface area contributed by atoms with Crippen LogP contribution in [0.25, 0.3) is 65.3 Å². The maximum Gasteiger partial charge on any atom is 0.194 e. The minimum atomic E-state index is -0.130. The van der Waals surface area contributed by atoms with Crippen molar-refractivity contribution < 1.29 is 19.8 Å². The average molecular weight is 488 g/mol. The highest BCUT2D eigenvalue weighted by Crippen LogP contribution is 2.54. The lowest BCUT2D eigenvalue weighted by atomic mass is 9.76. The molecule has 0 amide bonds. The summed E-state index contributed by atoms with van der Waals surface area (Å²) in [6.45, 7) is 0. The Labute approximate surface area is 215 Å². The van der Waals surface area contributed by atoms with Gasteiger partial charge in [0.05, 0.1) is 0 Å². The Morgan fingerprint density at radius 3 is 1.42 bits per heavy atom.